The molecule has 0 unspecified atom stereocenters. The van der Waals surface area contributed by atoms with Gasteiger partial charge in [-0.15, -0.1) is 0 Å². The van der Waals surface area contributed by atoms with Crippen LogP contribution in [0.4, 0.5) is 0 Å². The number of benzene rings is 2. The second-order valence-corrected chi connectivity index (χ2v) is 4.07. The molecule has 0 spiro atoms. The minimum absolute atomic E-state index is 0.525. The number of aryl methyl sites for hydroxylation is 1. The lowest BCUT2D eigenvalue weighted by Gasteiger charge is -1.97. The predicted molar refractivity (Wildman–Crippen MR) is 77.3 cm³/mol. The summed E-state index contributed by atoms with van der Waals surface area (Å²) in [6.45, 7) is 1.95. The summed E-state index contributed by atoms with van der Waals surface area (Å²) >= 11 is 0. The van der Waals surface area contributed by atoms with E-state index in [9.17, 15) is 0 Å². The highest BCUT2D eigenvalue weighted by Gasteiger charge is 2.08. The number of hydrogen-bond donors (Lipinski definition) is 4. The summed E-state index contributed by atoms with van der Waals surface area (Å²) in [7, 11) is -2.69. The standard InChI is InChI=1S/C7H9BO2.C6H7BO2/c1-6-2-4-7(5-3-6)8(9)10;8-7(9)6-4-2-1-3-5-6/h2-5,9-10H,1H3;1-5,8-9H. The van der Waals surface area contributed by atoms with Crippen LogP contribution in [0.2, 0.25) is 0 Å². The van der Waals surface area contributed by atoms with Crippen molar-refractivity contribution >= 4 is 25.2 Å². The Balaban J connectivity index is 0.000000191. The molecule has 0 fully saturated rings. The van der Waals surface area contributed by atoms with Crippen molar-refractivity contribution in [2.24, 2.45) is 0 Å². The highest BCUT2D eigenvalue weighted by atomic mass is 16.4. The second kappa shape index (κ2) is 7.76. The zero-order valence-corrected chi connectivity index (χ0v) is 10.6. The van der Waals surface area contributed by atoms with E-state index in [0.717, 1.165) is 5.56 Å². The highest BCUT2D eigenvalue weighted by molar-refractivity contribution is 6.58. The minimum Gasteiger partial charge on any atom is -0.423 e. The monoisotopic (exact) mass is 258 g/mol. The molecule has 0 atom stereocenters. The number of hydrogen-bond acceptors (Lipinski definition) is 4. The Morgan fingerprint density at radius 3 is 1.42 bits per heavy atom. The Labute approximate surface area is 113 Å². The van der Waals surface area contributed by atoms with Crippen LogP contribution in [0.5, 0.6) is 0 Å². The van der Waals surface area contributed by atoms with Crippen LogP contribution < -0.4 is 10.9 Å². The molecule has 0 bridgehead atoms. The van der Waals surface area contributed by atoms with Crippen molar-refractivity contribution in [3.63, 3.8) is 0 Å². The fourth-order valence-corrected chi connectivity index (χ4v) is 1.36. The van der Waals surface area contributed by atoms with Gasteiger partial charge in [-0.3, -0.25) is 0 Å². The number of rotatable bonds is 2. The minimum atomic E-state index is -1.35. The van der Waals surface area contributed by atoms with Gasteiger partial charge in [0.25, 0.3) is 0 Å². The predicted octanol–water partition coefficient (Wildman–Crippen LogP) is -0.959. The van der Waals surface area contributed by atoms with E-state index in [4.69, 9.17) is 20.1 Å². The summed E-state index contributed by atoms with van der Waals surface area (Å²) in [5.41, 5.74) is 2.17. The van der Waals surface area contributed by atoms with E-state index in [1.54, 1.807) is 36.4 Å². The Morgan fingerprint density at radius 1 is 0.632 bits per heavy atom. The average Bonchev–Trinajstić information content (AvgIpc) is 2.41. The molecule has 2 aromatic carbocycles. The molecule has 19 heavy (non-hydrogen) atoms. The molecule has 0 saturated heterocycles. The van der Waals surface area contributed by atoms with Crippen LogP contribution >= 0.6 is 0 Å². The zero-order valence-electron chi connectivity index (χ0n) is 10.6. The Morgan fingerprint density at radius 2 is 1.05 bits per heavy atom. The third kappa shape index (κ3) is 5.72. The van der Waals surface area contributed by atoms with Crippen LogP contribution in [0, 0.1) is 6.92 Å². The molecule has 0 saturated carbocycles. The molecule has 0 aliphatic carbocycles. The van der Waals surface area contributed by atoms with Gasteiger partial charge in [-0.05, 0) is 17.8 Å². The van der Waals surface area contributed by atoms with Gasteiger partial charge in [0.2, 0.25) is 0 Å². The van der Waals surface area contributed by atoms with Crippen LogP contribution in [0.3, 0.4) is 0 Å². The van der Waals surface area contributed by atoms with Crippen molar-refractivity contribution < 1.29 is 20.1 Å². The van der Waals surface area contributed by atoms with E-state index >= 15 is 0 Å². The summed E-state index contributed by atoms with van der Waals surface area (Å²) in [5.74, 6) is 0. The van der Waals surface area contributed by atoms with Gasteiger partial charge in [-0.25, -0.2) is 0 Å². The topological polar surface area (TPSA) is 80.9 Å². The fourth-order valence-electron chi connectivity index (χ4n) is 1.36. The lowest BCUT2D eigenvalue weighted by Crippen LogP contribution is -2.29. The largest absolute Gasteiger partial charge is 0.488 e. The van der Waals surface area contributed by atoms with E-state index in [1.165, 1.54) is 0 Å². The smallest absolute Gasteiger partial charge is 0.423 e. The van der Waals surface area contributed by atoms with Crippen LogP contribution in [0.15, 0.2) is 54.6 Å². The molecule has 0 aliphatic heterocycles. The molecular weight excluding hydrogens is 242 g/mol. The first-order valence-electron chi connectivity index (χ1n) is 5.84. The third-order valence-electron chi connectivity index (χ3n) is 2.47. The molecule has 4 N–H and O–H groups in total. The normalized spacial score (nSPS) is 9.32. The summed E-state index contributed by atoms with van der Waals surface area (Å²) in [4.78, 5) is 0. The van der Waals surface area contributed by atoms with Gasteiger partial charge in [-0.1, -0.05) is 60.2 Å². The van der Waals surface area contributed by atoms with E-state index in [-0.39, 0.29) is 0 Å². The third-order valence-corrected chi connectivity index (χ3v) is 2.47. The second-order valence-electron chi connectivity index (χ2n) is 4.07. The van der Waals surface area contributed by atoms with Crippen molar-refractivity contribution in [2.75, 3.05) is 0 Å². The maximum atomic E-state index is 8.67. The zero-order chi connectivity index (χ0) is 14.3. The van der Waals surface area contributed by atoms with Gasteiger partial charge in [0.05, 0.1) is 0 Å². The summed E-state index contributed by atoms with van der Waals surface area (Å²) in [6.07, 6.45) is 0. The maximum absolute atomic E-state index is 8.67. The highest BCUT2D eigenvalue weighted by Crippen LogP contribution is 1.92. The van der Waals surface area contributed by atoms with Gasteiger partial charge >= 0.3 is 14.2 Å². The lowest BCUT2D eigenvalue weighted by atomic mass is 9.80. The summed E-state index contributed by atoms with van der Waals surface area (Å²) in [5, 5.41) is 34.5. The lowest BCUT2D eigenvalue weighted by molar-refractivity contribution is 0.424. The molecule has 0 amide bonds. The van der Waals surface area contributed by atoms with Crippen molar-refractivity contribution in [3.8, 4) is 0 Å². The average molecular weight is 258 g/mol. The molecule has 0 aliphatic rings. The molecule has 0 aromatic heterocycles. The van der Waals surface area contributed by atoms with Gasteiger partial charge < -0.3 is 20.1 Å². The molecule has 2 rings (SSSR count). The van der Waals surface area contributed by atoms with E-state index in [2.05, 4.69) is 0 Å². The SMILES string of the molecule is Cc1ccc(B(O)O)cc1.OB(O)c1ccccc1. The summed E-state index contributed by atoms with van der Waals surface area (Å²) < 4.78 is 0. The first-order chi connectivity index (χ1) is 9.00. The van der Waals surface area contributed by atoms with Crippen molar-refractivity contribution in [1.82, 2.24) is 0 Å². The Bertz CT molecular complexity index is 472. The van der Waals surface area contributed by atoms with Crippen LogP contribution in [-0.2, 0) is 0 Å². The van der Waals surface area contributed by atoms with Crippen molar-refractivity contribution in [2.45, 2.75) is 6.92 Å². The quantitative estimate of drug-likeness (QED) is 0.523. The molecular formula is C13H16B2O4. The van der Waals surface area contributed by atoms with E-state index in [0.29, 0.717) is 10.9 Å². The molecule has 2 aromatic rings. The Hall–Kier alpha value is -1.59. The van der Waals surface area contributed by atoms with Gasteiger partial charge in [0, 0.05) is 0 Å². The summed E-state index contributed by atoms with van der Waals surface area (Å²) in [6, 6.07) is 15.7. The van der Waals surface area contributed by atoms with Gasteiger partial charge in [0.15, 0.2) is 0 Å². The molecule has 0 radical (unpaired) electrons. The molecule has 4 nitrogen and oxygen atoms in total. The first kappa shape index (κ1) is 15.5. The van der Waals surface area contributed by atoms with Crippen LogP contribution in [0.1, 0.15) is 5.56 Å². The Kier molecular flexibility index (Phi) is 6.32. The van der Waals surface area contributed by atoms with Gasteiger partial charge in [0.1, 0.15) is 0 Å². The maximum Gasteiger partial charge on any atom is 0.488 e. The molecule has 98 valence electrons. The van der Waals surface area contributed by atoms with E-state index in [1.807, 2.05) is 25.1 Å². The van der Waals surface area contributed by atoms with Crippen molar-refractivity contribution in [3.05, 3.63) is 60.2 Å². The first-order valence-corrected chi connectivity index (χ1v) is 5.84. The van der Waals surface area contributed by atoms with Gasteiger partial charge in [-0.2, -0.15) is 0 Å². The molecule has 0 heterocycles. The van der Waals surface area contributed by atoms with E-state index < -0.39 is 14.2 Å². The molecule has 6 heteroatoms. The van der Waals surface area contributed by atoms with Crippen LogP contribution in [0.25, 0.3) is 0 Å². The fraction of sp³-hybridized carbons (Fsp3) is 0.0769. The van der Waals surface area contributed by atoms with Crippen molar-refractivity contribution in [1.29, 1.82) is 0 Å². The van der Waals surface area contributed by atoms with Crippen LogP contribution in [-0.4, -0.2) is 34.3 Å².